The van der Waals surface area contributed by atoms with Crippen LogP contribution >= 0.6 is 11.3 Å². The minimum atomic E-state index is -0.371. The average Bonchev–Trinajstić information content (AvgIpc) is 3.30. The predicted octanol–water partition coefficient (Wildman–Crippen LogP) is 4.00. The normalized spacial score (nSPS) is 17.0. The maximum Gasteiger partial charge on any atom is 0.231 e. The number of benzene rings is 1. The van der Waals surface area contributed by atoms with Gasteiger partial charge < -0.3 is 10.2 Å². The molecule has 7 heteroatoms. The highest BCUT2D eigenvalue weighted by Gasteiger charge is 2.35. The van der Waals surface area contributed by atoms with Gasteiger partial charge in [-0.3, -0.25) is 9.59 Å². The molecule has 2 aromatic rings. The summed E-state index contributed by atoms with van der Waals surface area (Å²) in [6.07, 6.45) is 3.18. The fraction of sp³-hybridized carbons (Fsp3) is 0.500. The molecule has 1 aromatic carbocycles. The van der Waals surface area contributed by atoms with E-state index in [9.17, 15) is 9.59 Å². The maximum atomic E-state index is 12.6. The van der Waals surface area contributed by atoms with Crippen molar-refractivity contribution in [3.05, 3.63) is 34.8 Å². The topological polar surface area (TPSA) is 75.2 Å². The molecule has 1 fully saturated rings. The van der Waals surface area contributed by atoms with Crippen LogP contribution in [0.25, 0.3) is 0 Å². The van der Waals surface area contributed by atoms with E-state index in [4.69, 9.17) is 0 Å². The number of carbonyl (C=O) groups excluding carboxylic acids is 2. The number of anilines is 2. The highest BCUT2D eigenvalue weighted by molar-refractivity contribution is 7.15. The number of hydrogen-bond donors (Lipinski definition) is 1. The molecule has 27 heavy (non-hydrogen) atoms. The van der Waals surface area contributed by atoms with E-state index in [1.165, 1.54) is 16.9 Å². The molecule has 1 aliphatic heterocycles. The molecular weight excluding hydrogens is 360 g/mol. The molecule has 1 saturated heterocycles. The summed E-state index contributed by atoms with van der Waals surface area (Å²) in [5.74, 6) is -0.177. The van der Waals surface area contributed by atoms with Crippen molar-refractivity contribution in [2.45, 2.75) is 52.4 Å². The lowest BCUT2D eigenvalue weighted by Gasteiger charge is -2.17. The number of rotatable bonds is 7. The fourth-order valence-electron chi connectivity index (χ4n) is 3.34. The Morgan fingerprint density at radius 3 is 2.56 bits per heavy atom. The van der Waals surface area contributed by atoms with E-state index in [-0.39, 0.29) is 24.2 Å². The maximum absolute atomic E-state index is 12.6. The molecule has 1 atom stereocenters. The van der Waals surface area contributed by atoms with Crippen LogP contribution in [0.5, 0.6) is 0 Å². The standard InChI is InChI=1S/C20H26N4O2S/c1-4-13-7-9-16(10-8-13)24-12-15(11-17(24)25)18(26)21-20-23-22-19(27-20)14(5-2)6-3/h7-10,14-15H,4-6,11-12H2,1-3H3,(H,21,23,26)/t15-/m1/s1. The number of aromatic nitrogens is 2. The minimum absolute atomic E-state index is 0.0191. The first-order chi connectivity index (χ1) is 13.0. The Morgan fingerprint density at radius 2 is 1.93 bits per heavy atom. The van der Waals surface area contributed by atoms with Crippen LogP contribution in [0.4, 0.5) is 10.8 Å². The average molecular weight is 387 g/mol. The summed E-state index contributed by atoms with van der Waals surface area (Å²) in [6.45, 7) is 6.74. The second kappa shape index (κ2) is 8.61. The third-order valence-electron chi connectivity index (χ3n) is 5.16. The number of carbonyl (C=O) groups is 2. The van der Waals surface area contributed by atoms with Crippen LogP contribution in [-0.2, 0) is 16.0 Å². The molecule has 1 aromatic heterocycles. The van der Waals surface area contributed by atoms with Gasteiger partial charge in [-0.15, -0.1) is 10.2 Å². The second-order valence-electron chi connectivity index (χ2n) is 6.87. The van der Waals surface area contributed by atoms with Crippen LogP contribution in [-0.4, -0.2) is 28.6 Å². The van der Waals surface area contributed by atoms with E-state index >= 15 is 0 Å². The Labute approximate surface area is 164 Å². The summed E-state index contributed by atoms with van der Waals surface area (Å²) < 4.78 is 0. The summed E-state index contributed by atoms with van der Waals surface area (Å²) in [6, 6.07) is 7.95. The van der Waals surface area contributed by atoms with Crippen LogP contribution in [0.3, 0.4) is 0 Å². The lowest BCUT2D eigenvalue weighted by atomic mass is 10.1. The Kier molecular flexibility index (Phi) is 6.21. The van der Waals surface area contributed by atoms with Crippen LogP contribution in [0.1, 0.15) is 56.5 Å². The Morgan fingerprint density at radius 1 is 1.22 bits per heavy atom. The van der Waals surface area contributed by atoms with Gasteiger partial charge in [-0.05, 0) is 37.0 Å². The van der Waals surface area contributed by atoms with Gasteiger partial charge in [-0.2, -0.15) is 0 Å². The third kappa shape index (κ3) is 4.35. The highest BCUT2D eigenvalue weighted by atomic mass is 32.1. The molecule has 144 valence electrons. The van der Waals surface area contributed by atoms with E-state index in [0.29, 0.717) is 17.6 Å². The van der Waals surface area contributed by atoms with Gasteiger partial charge in [0.1, 0.15) is 5.01 Å². The third-order valence-corrected chi connectivity index (χ3v) is 6.16. The number of amides is 2. The molecule has 0 bridgehead atoms. The van der Waals surface area contributed by atoms with E-state index < -0.39 is 0 Å². The lowest BCUT2D eigenvalue weighted by molar-refractivity contribution is -0.122. The van der Waals surface area contributed by atoms with Crippen molar-refractivity contribution >= 4 is 34.0 Å². The summed E-state index contributed by atoms with van der Waals surface area (Å²) in [4.78, 5) is 26.7. The summed E-state index contributed by atoms with van der Waals surface area (Å²) in [5, 5.41) is 12.6. The lowest BCUT2D eigenvalue weighted by Crippen LogP contribution is -2.28. The van der Waals surface area contributed by atoms with E-state index in [1.807, 2.05) is 24.3 Å². The fourth-order valence-corrected chi connectivity index (χ4v) is 4.35. The SMILES string of the molecule is CCc1ccc(N2C[C@H](C(=O)Nc3nnc(C(CC)CC)s3)CC2=O)cc1. The Bertz CT molecular complexity index is 799. The van der Waals surface area contributed by atoms with Crippen LogP contribution in [0.15, 0.2) is 24.3 Å². The Hall–Kier alpha value is -2.28. The monoisotopic (exact) mass is 386 g/mol. The largest absolute Gasteiger partial charge is 0.312 e. The minimum Gasteiger partial charge on any atom is -0.312 e. The van der Waals surface area contributed by atoms with Crippen LogP contribution < -0.4 is 10.2 Å². The van der Waals surface area contributed by atoms with Crippen molar-refractivity contribution in [1.29, 1.82) is 0 Å². The molecule has 1 N–H and O–H groups in total. The first kappa shape index (κ1) is 19.5. The van der Waals surface area contributed by atoms with Gasteiger partial charge in [-0.25, -0.2) is 0 Å². The summed E-state index contributed by atoms with van der Waals surface area (Å²) in [7, 11) is 0. The van der Waals surface area contributed by atoms with Gasteiger partial charge in [0.15, 0.2) is 0 Å². The zero-order valence-electron chi connectivity index (χ0n) is 16.1. The van der Waals surface area contributed by atoms with Gasteiger partial charge in [0.25, 0.3) is 0 Å². The smallest absolute Gasteiger partial charge is 0.231 e. The molecule has 2 amide bonds. The summed E-state index contributed by atoms with van der Waals surface area (Å²) >= 11 is 1.43. The molecule has 0 radical (unpaired) electrons. The quantitative estimate of drug-likeness (QED) is 0.780. The molecule has 3 rings (SSSR count). The van der Waals surface area contributed by atoms with Gasteiger partial charge in [0.05, 0.1) is 5.92 Å². The predicted molar refractivity (Wildman–Crippen MR) is 108 cm³/mol. The molecule has 0 unspecified atom stereocenters. The van der Waals surface area contributed by atoms with Crippen molar-refractivity contribution in [3.63, 3.8) is 0 Å². The zero-order valence-corrected chi connectivity index (χ0v) is 16.9. The molecule has 0 aliphatic carbocycles. The first-order valence-electron chi connectivity index (χ1n) is 9.59. The Balaban J connectivity index is 1.63. The molecule has 0 saturated carbocycles. The summed E-state index contributed by atoms with van der Waals surface area (Å²) in [5.41, 5.74) is 2.07. The van der Waals surface area contributed by atoms with Crippen molar-refractivity contribution < 1.29 is 9.59 Å². The number of nitrogens with one attached hydrogen (secondary N) is 1. The zero-order chi connectivity index (χ0) is 19.4. The van der Waals surface area contributed by atoms with Gasteiger partial charge in [0, 0.05) is 24.6 Å². The number of aryl methyl sites for hydroxylation is 1. The van der Waals surface area contributed by atoms with Crippen molar-refractivity contribution in [2.24, 2.45) is 5.92 Å². The second-order valence-corrected chi connectivity index (χ2v) is 7.88. The molecular formula is C20H26N4O2S. The number of nitrogens with zero attached hydrogens (tertiary/aromatic N) is 3. The molecule has 0 spiro atoms. The van der Waals surface area contributed by atoms with E-state index in [1.54, 1.807) is 4.90 Å². The molecule has 6 nitrogen and oxygen atoms in total. The number of hydrogen-bond acceptors (Lipinski definition) is 5. The van der Waals surface area contributed by atoms with Gasteiger partial charge in [0.2, 0.25) is 16.9 Å². The van der Waals surface area contributed by atoms with Crippen molar-refractivity contribution in [2.75, 3.05) is 16.8 Å². The van der Waals surface area contributed by atoms with Crippen molar-refractivity contribution in [1.82, 2.24) is 10.2 Å². The van der Waals surface area contributed by atoms with E-state index in [2.05, 4.69) is 36.3 Å². The van der Waals surface area contributed by atoms with E-state index in [0.717, 1.165) is 30.0 Å². The first-order valence-corrected chi connectivity index (χ1v) is 10.4. The van der Waals surface area contributed by atoms with Gasteiger partial charge in [-0.1, -0.05) is 44.2 Å². The van der Waals surface area contributed by atoms with Crippen LogP contribution in [0, 0.1) is 5.92 Å². The van der Waals surface area contributed by atoms with Crippen LogP contribution in [0.2, 0.25) is 0 Å². The van der Waals surface area contributed by atoms with Crippen molar-refractivity contribution in [3.8, 4) is 0 Å². The molecule has 1 aliphatic rings. The van der Waals surface area contributed by atoms with Gasteiger partial charge >= 0.3 is 0 Å². The highest BCUT2D eigenvalue weighted by Crippen LogP contribution is 2.30. The molecule has 2 heterocycles.